The van der Waals surface area contributed by atoms with Crippen LogP contribution < -0.4 is 0 Å². The first-order valence-corrected chi connectivity index (χ1v) is 16.5. The van der Waals surface area contributed by atoms with Crippen molar-refractivity contribution in [1.29, 1.82) is 0 Å². The van der Waals surface area contributed by atoms with Gasteiger partial charge in [-0.1, -0.05) is 127 Å². The lowest BCUT2D eigenvalue weighted by Crippen LogP contribution is -2.00. The SMILES string of the molecule is [2H]c1c([2H])c([2H])c(-c2c([2H])c(-c3nc(-c4ccc(-c5ccccc5)cc4)nc(-c4ccc5c(c4)oc4ccccc45)n3)c3sc4c([2H])c([2H])c([2H])c([2H])c4c3c2[2H])c([2H])c1[2H]. The molecule has 0 amide bonds. The smallest absolute Gasteiger partial charge is 0.165 e. The number of para-hydroxylation sites is 1. The third-order valence-electron chi connectivity index (χ3n) is 8.56. The Labute approximate surface area is 307 Å². The molecule has 0 fully saturated rings. The van der Waals surface area contributed by atoms with Crippen LogP contribution in [-0.4, -0.2) is 15.0 Å². The zero-order valence-electron chi connectivity index (χ0n) is 36.9. The lowest BCUT2D eigenvalue weighted by molar-refractivity contribution is 0.669. The number of hydrogen-bond donors (Lipinski definition) is 0. The molecular weight excluding hydrogens is 631 g/mol. The molecule has 7 aromatic carbocycles. The van der Waals surface area contributed by atoms with E-state index < -0.39 is 66.0 Å². The van der Waals surface area contributed by atoms with E-state index in [4.69, 9.17) is 31.7 Å². The van der Waals surface area contributed by atoms with Crippen molar-refractivity contribution in [2.75, 3.05) is 0 Å². The number of fused-ring (bicyclic) bond motifs is 6. The van der Waals surface area contributed by atoms with Crippen molar-refractivity contribution >= 4 is 53.4 Å². The van der Waals surface area contributed by atoms with Gasteiger partial charge in [0.05, 0.1) is 15.1 Å². The van der Waals surface area contributed by atoms with Gasteiger partial charge in [0.15, 0.2) is 17.5 Å². The highest BCUT2D eigenvalue weighted by Gasteiger charge is 2.19. The van der Waals surface area contributed by atoms with Crippen LogP contribution in [0.15, 0.2) is 168 Å². The Bertz CT molecular complexity index is 3470. The van der Waals surface area contributed by atoms with Crippen LogP contribution in [-0.2, 0) is 0 Å². The van der Waals surface area contributed by atoms with Crippen molar-refractivity contribution < 1.29 is 19.5 Å². The van der Waals surface area contributed by atoms with E-state index in [9.17, 15) is 2.74 Å². The molecule has 0 aliphatic carbocycles. The van der Waals surface area contributed by atoms with E-state index >= 15 is 0 Å². The summed E-state index contributed by atoms with van der Waals surface area (Å²) in [4.78, 5) is 14.8. The summed E-state index contributed by atoms with van der Waals surface area (Å²) < 4.78 is 104. The number of thiophene rings is 1. The Kier molecular flexibility index (Phi) is 4.54. The maximum atomic E-state index is 9.81. The zero-order valence-corrected chi connectivity index (χ0v) is 26.7. The van der Waals surface area contributed by atoms with Crippen molar-refractivity contribution in [3.8, 4) is 56.4 Å². The fourth-order valence-corrected chi connectivity index (χ4v) is 7.23. The second-order valence-electron chi connectivity index (χ2n) is 11.6. The Morgan fingerprint density at radius 1 is 0.460 bits per heavy atom. The third kappa shape index (κ3) is 4.87. The number of hydrogen-bond acceptors (Lipinski definition) is 5. The number of benzene rings is 7. The lowest BCUT2D eigenvalue weighted by atomic mass is 9.99. The molecule has 0 unspecified atom stereocenters. The molecule has 5 heteroatoms. The highest BCUT2D eigenvalue weighted by Crippen LogP contribution is 2.43. The Morgan fingerprint density at radius 3 is 1.98 bits per heavy atom. The van der Waals surface area contributed by atoms with E-state index in [0.717, 1.165) is 33.2 Å². The van der Waals surface area contributed by atoms with E-state index in [1.807, 2.05) is 97.1 Å². The Balaban J connectivity index is 1.32. The van der Waals surface area contributed by atoms with Gasteiger partial charge in [0, 0.05) is 47.6 Å². The number of nitrogens with zero attached hydrogens (tertiary/aromatic N) is 3. The predicted molar refractivity (Wildman–Crippen MR) is 207 cm³/mol. The summed E-state index contributed by atoms with van der Waals surface area (Å²) in [5.41, 5.74) is 3.59. The second kappa shape index (κ2) is 11.6. The second-order valence-corrected chi connectivity index (χ2v) is 12.6. The lowest BCUT2D eigenvalue weighted by Gasteiger charge is -2.11. The largest absolute Gasteiger partial charge is 0.456 e. The van der Waals surface area contributed by atoms with Crippen LogP contribution in [0, 0.1) is 0 Å². The summed E-state index contributed by atoms with van der Waals surface area (Å²) in [6, 6.07) is 24.7. The molecule has 0 radical (unpaired) electrons. The van der Waals surface area contributed by atoms with E-state index in [-0.39, 0.29) is 54.8 Å². The predicted octanol–water partition coefficient (Wildman–Crippen LogP) is 12.5. The van der Waals surface area contributed by atoms with Crippen LogP contribution in [0.2, 0.25) is 0 Å². The summed E-state index contributed by atoms with van der Waals surface area (Å²) >= 11 is 0.939. The minimum absolute atomic E-state index is 0.000710. The van der Waals surface area contributed by atoms with Gasteiger partial charge in [0.25, 0.3) is 0 Å². The Hall–Kier alpha value is -6.43. The standard InChI is InChI=1S/C45H27N3OS/c1-3-11-28(12-4-1)30-19-21-31(22-20-30)43-46-44(32-23-24-35-34-15-7-9-17-39(34)49-40(35)27-32)48-45(47-43)38-26-33(29-13-5-2-6-14-29)25-37-36-16-8-10-18-41(36)50-42(37)38/h1-27H/i2D,5D,6D,8D,10D,13D,14D,16D,18D,25D,26D. The van der Waals surface area contributed by atoms with Gasteiger partial charge in [0.1, 0.15) is 11.2 Å². The molecule has 10 aromatic rings. The zero-order chi connectivity index (χ0) is 42.6. The Morgan fingerprint density at radius 2 is 1.12 bits per heavy atom. The number of rotatable bonds is 5. The highest BCUT2D eigenvalue weighted by molar-refractivity contribution is 7.26. The van der Waals surface area contributed by atoms with E-state index in [1.165, 1.54) is 0 Å². The van der Waals surface area contributed by atoms with Gasteiger partial charge in [-0.05, 0) is 58.6 Å². The number of furan rings is 1. The first kappa shape index (κ1) is 19.5. The summed E-state index contributed by atoms with van der Waals surface area (Å²) in [6.07, 6.45) is 0. The highest BCUT2D eigenvalue weighted by atomic mass is 32.1. The molecule has 0 aliphatic heterocycles. The van der Waals surface area contributed by atoms with Crippen molar-refractivity contribution in [2.24, 2.45) is 0 Å². The maximum absolute atomic E-state index is 9.81. The van der Waals surface area contributed by atoms with Crippen LogP contribution in [0.5, 0.6) is 0 Å². The van der Waals surface area contributed by atoms with Gasteiger partial charge in [-0.2, -0.15) is 0 Å². The fourth-order valence-electron chi connectivity index (χ4n) is 6.16. The average molecular weight is 669 g/mol. The van der Waals surface area contributed by atoms with Gasteiger partial charge in [-0.25, -0.2) is 15.0 Å². The molecule has 234 valence electrons. The molecule has 0 saturated carbocycles. The van der Waals surface area contributed by atoms with Crippen LogP contribution >= 0.6 is 11.3 Å². The van der Waals surface area contributed by atoms with E-state index in [2.05, 4.69) is 0 Å². The first-order valence-electron chi connectivity index (χ1n) is 21.2. The van der Waals surface area contributed by atoms with Crippen LogP contribution in [0.4, 0.5) is 0 Å². The molecule has 0 aliphatic rings. The minimum Gasteiger partial charge on any atom is -0.456 e. The van der Waals surface area contributed by atoms with Crippen molar-refractivity contribution in [2.45, 2.75) is 0 Å². The van der Waals surface area contributed by atoms with Crippen LogP contribution in [0.3, 0.4) is 0 Å². The van der Waals surface area contributed by atoms with Crippen molar-refractivity contribution in [1.82, 2.24) is 15.0 Å². The van der Waals surface area contributed by atoms with Gasteiger partial charge in [0.2, 0.25) is 0 Å². The molecule has 0 saturated heterocycles. The van der Waals surface area contributed by atoms with Gasteiger partial charge < -0.3 is 4.42 Å². The van der Waals surface area contributed by atoms with Gasteiger partial charge in [-0.3, -0.25) is 0 Å². The summed E-state index contributed by atoms with van der Waals surface area (Å²) in [6.45, 7) is 0. The molecule has 3 heterocycles. The summed E-state index contributed by atoms with van der Waals surface area (Å²) in [5, 5.41) is 1.79. The minimum atomic E-state index is -0.668. The molecule has 10 rings (SSSR count). The molecule has 3 aromatic heterocycles. The molecule has 50 heavy (non-hydrogen) atoms. The topological polar surface area (TPSA) is 51.8 Å². The van der Waals surface area contributed by atoms with E-state index in [1.54, 1.807) is 0 Å². The maximum Gasteiger partial charge on any atom is 0.165 e. The van der Waals surface area contributed by atoms with Gasteiger partial charge in [-0.15, -0.1) is 11.3 Å². The molecule has 0 bridgehead atoms. The summed E-state index contributed by atoms with van der Waals surface area (Å²) in [7, 11) is 0. The molecule has 0 spiro atoms. The van der Waals surface area contributed by atoms with Crippen LogP contribution in [0.25, 0.3) is 98.5 Å². The quantitative estimate of drug-likeness (QED) is 0.183. The average Bonchev–Trinajstić information content (AvgIpc) is 3.87. The monoisotopic (exact) mass is 668 g/mol. The molecule has 0 atom stereocenters. The first-order chi connectivity index (χ1) is 29.3. The fraction of sp³-hybridized carbons (Fsp3) is 0. The molecule has 4 nitrogen and oxygen atoms in total. The summed E-state index contributed by atoms with van der Waals surface area (Å²) in [5.74, 6) is 0.329. The molecule has 0 N–H and O–H groups in total. The van der Waals surface area contributed by atoms with E-state index in [0.29, 0.717) is 22.3 Å². The van der Waals surface area contributed by atoms with Gasteiger partial charge >= 0.3 is 0 Å². The normalized spacial score (nSPS) is 14.7. The van der Waals surface area contributed by atoms with Crippen LogP contribution in [0.1, 0.15) is 15.1 Å². The molecular formula is C45H27N3OS. The van der Waals surface area contributed by atoms with Crippen molar-refractivity contribution in [3.63, 3.8) is 0 Å². The third-order valence-corrected chi connectivity index (χ3v) is 9.68. The van der Waals surface area contributed by atoms with Crippen molar-refractivity contribution in [3.05, 3.63) is 164 Å². The number of aromatic nitrogens is 3.